The molecule has 2 atom stereocenters. The molecular weight excluding hydrogens is 400 g/mol. The number of carbonyl (C=O) groups excluding carboxylic acids is 1. The van der Waals surface area contributed by atoms with Crippen LogP contribution < -0.4 is 5.32 Å². The summed E-state index contributed by atoms with van der Waals surface area (Å²) in [5.41, 5.74) is 9.96. The van der Waals surface area contributed by atoms with Gasteiger partial charge in [-0.2, -0.15) is 0 Å². The van der Waals surface area contributed by atoms with Gasteiger partial charge in [-0.05, 0) is 59.7 Å². The van der Waals surface area contributed by atoms with E-state index in [4.69, 9.17) is 5.11 Å². The summed E-state index contributed by atoms with van der Waals surface area (Å²) in [6.45, 7) is 4.08. The summed E-state index contributed by atoms with van der Waals surface area (Å²) >= 11 is 0. The van der Waals surface area contributed by atoms with Gasteiger partial charge in [0.2, 0.25) is 5.91 Å². The summed E-state index contributed by atoms with van der Waals surface area (Å²) < 4.78 is 0. The van der Waals surface area contributed by atoms with E-state index in [0.29, 0.717) is 6.42 Å². The molecule has 1 aliphatic heterocycles. The first-order chi connectivity index (χ1) is 15.4. The third-order valence-corrected chi connectivity index (χ3v) is 6.91. The molecule has 1 aliphatic carbocycles. The van der Waals surface area contributed by atoms with Crippen molar-refractivity contribution in [2.45, 2.75) is 44.9 Å². The van der Waals surface area contributed by atoms with Gasteiger partial charge in [-0.25, -0.2) is 0 Å². The maximum Gasteiger partial charge on any atom is 0.303 e. The molecular formula is C27H26N2O3. The molecule has 2 unspecified atom stereocenters. The summed E-state index contributed by atoms with van der Waals surface area (Å²) in [7, 11) is 0. The molecule has 1 aromatic heterocycles. The smallest absolute Gasteiger partial charge is 0.303 e. The molecule has 1 amide bonds. The van der Waals surface area contributed by atoms with E-state index in [2.05, 4.69) is 47.6 Å². The normalized spacial score (nSPS) is 18.5. The number of H-pyrrole nitrogens is 1. The molecule has 5 heteroatoms. The van der Waals surface area contributed by atoms with E-state index in [-0.39, 0.29) is 24.2 Å². The Kier molecular flexibility index (Phi) is 4.97. The van der Waals surface area contributed by atoms with Crippen molar-refractivity contribution in [2.75, 3.05) is 5.32 Å². The quantitative estimate of drug-likeness (QED) is 0.514. The second kappa shape index (κ2) is 7.83. The number of para-hydroxylation sites is 1. The van der Waals surface area contributed by atoms with Crippen LogP contribution in [0.4, 0.5) is 5.69 Å². The van der Waals surface area contributed by atoms with Crippen LogP contribution in [-0.4, -0.2) is 22.0 Å². The minimum atomic E-state index is -0.777. The number of aromatic amines is 1. The Balaban J connectivity index is 1.45. The van der Waals surface area contributed by atoms with Crippen LogP contribution in [0.25, 0.3) is 6.08 Å². The number of amides is 1. The highest BCUT2D eigenvalue weighted by molar-refractivity contribution is 6.04. The van der Waals surface area contributed by atoms with Crippen LogP contribution in [0.5, 0.6) is 0 Å². The van der Waals surface area contributed by atoms with Crippen molar-refractivity contribution in [3.05, 3.63) is 93.3 Å². The summed E-state index contributed by atoms with van der Waals surface area (Å²) in [5, 5.41) is 12.1. The highest BCUT2D eigenvalue weighted by atomic mass is 16.4. The van der Waals surface area contributed by atoms with Gasteiger partial charge in [0.15, 0.2) is 0 Å². The highest BCUT2D eigenvalue weighted by Gasteiger charge is 2.38. The second-order valence-corrected chi connectivity index (χ2v) is 8.76. The number of aryl methyl sites for hydroxylation is 1. The Hall–Kier alpha value is -3.60. The lowest BCUT2D eigenvalue weighted by atomic mass is 9.83. The van der Waals surface area contributed by atoms with Gasteiger partial charge >= 0.3 is 5.97 Å². The molecule has 2 heterocycles. The lowest BCUT2D eigenvalue weighted by Crippen LogP contribution is -2.17. The largest absolute Gasteiger partial charge is 0.481 e. The van der Waals surface area contributed by atoms with Crippen molar-refractivity contribution in [2.24, 2.45) is 0 Å². The Morgan fingerprint density at radius 1 is 1.06 bits per heavy atom. The maximum absolute atomic E-state index is 12.8. The molecule has 0 saturated heterocycles. The van der Waals surface area contributed by atoms with Gasteiger partial charge in [0.25, 0.3) is 0 Å². The van der Waals surface area contributed by atoms with E-state index >= 15 is 0 Å². The molecule has 0 bridgehead atoms. The van der Waals surface area contributed by atoms with Crippen molar-refractivity contribution in [1.29, 1.82) is 0 Å². The van der Waals surface area contributed by atoms with E-state index in [9.17, 15) is 9.59 Å². The zero-order chi connectivity index (χ0) is 22.4. The predicted octanol–water partition coefficient (Wildman–Crippen LogP) is 5.09. The van der Waals surface area contributed by atoms with Crippen molar-refractivity contribution in [1.82, 2.24) is 4.98 Å². The zero-order valence-electron chi connectivity index (χ0n) is 18.2. The number of nitrogens with one attached hydrogen (secondary N) is 2. The Morgan fingerprint density at radius 2 is 1.84 bits per heavy atom. The van der Waals surface area contributed by atoms with Gasteiger partial charge < -0.3 is 15.4 Å². The molecule has 0 saturated carbocycles. The molecule has 2 aliphatic rings. The van der Waals surface area contributed by atoms with Crippen LogP contribution in [-0.2, 0) is 22.4 Å². The molecule has 0 spiro atoms. The number of aliphatic carboxylic acids is 1. The fraction of sp³-hybridized carbons (Fsp3) is 0.259. The van der Waals surface area contributed by atoms with Crippen molar-refractivity contribution in [3.63, 3.8) is 0 Å². The third kappa shape index (κ3) is 3.34. The average molecular weight is 427 g/mol. The number of carboxylic acids is 1. The fourth-order valence-corrected chi connectivity index (χ4v) is 5.30. The third-order valence-electron chi connectivity index (χ3n) is 6.91. The number of hydrogen-bond donors (Lipinski definition) is 3. The van der Waals surface area contributed by atoms with Crippen LogP contribution >= 0.6 is 0 Å². The van der Waals surface area contributed by atoms with Crippen LogP contribution in [0.1, 0.15) is 63.0 Å². The first kappa shape index (κ1) is 20.3. The predicted molar refractivity (Wildman–Crippen MR) is 125 cm³/mol. The van der Waals surface area contributed by atoms with E-state index in [1.807, 2.05) is 31.2 Å². The van der Waals surface area contributed by atoms with Crippen molar-refractivity contribution >= 4 is 23.6 Å². The van der Waals surface area contributed by atoms with Crippen LogP contribution in [0.2, 0.25) is 0 Å². The van der Waals surface area contributed by atoms with E-state index in [1.54, 1.807) is 0 Å². The van der Waals surface area contributed by atoms with Gasteiger partial charge in [0.05, 0.1) is 5.92 Å². The first-order valence-electron chi connectivity index (χ1n) is 11.0. The molecule has 3 aromatic rings. The topological polar surface area (TPSA) is 82.2 Å². The average Bonchev–Trinajstić information content (AvgIpc) is 3.40. The molecule has 32 heavy (non-hydrogen) atoms. The van der Waals surface area contributed by atoms with Gasteiger partial charge in [-0.15, -0.1) is 0 Å². The number of carbonyl (C=O) groups is 2. The van der Waals surface area contributed by atoms with Crippen LogP contribution in [0.3, 0.4) is 0 Å². The molecule has 2 aromatic carbocycles. The number of hydrogen-bond acceptors (Lipinski definition) is 2. The zero-order valence-corrected chi connectivity index (χ0v) is 18.2. The monoisotopic (exact) mass is 426 g/mol. The minimum Gasteiger partial charge on any atom is -0.481 e. The van der Waals surface area contributed by atoms with E-state index in [0.717, 1.165) is 40.2 Å². The molecule has 0 radical (unpaired) electrons. The van der Waals surface area contributed by atoms with Gasteiger partial charge in [-0.3, -0.25) is 9.59 Å². The SMILES string of the molecule is Cc1[nH]c(Cc2cccc3c2C=CC3C2C(=O)Nc3ccccc32)c(C)c1CCC(=O)O. The van der Waals surface area contributed by atoms with Crippen LogP contribution in [0.15, 0.2) is 48.5 Å². The highest BCUT2D eigenvalue weighted by Crippen LogP contribution is 2.47. The molecule has 5 nitrogen and oxygen atoms in total. The Morgan fingerprint density at radius 3 is 2.66 bits per heavy atom. The summed E-state index contributed by atoms with van der Waals surface area (Å²) in [4.78, 5) is 27.3. The maximum atomic E-state index is 12.8. The number of carboxylic acid groups (broad SMARTS) is 1. The van der Waals surface area contributed by atoms with Crippen molar-refractivity contribution in [3.8, 4) is 0 Å². The molecule has 162 valence electrons. The number of fused-ring (bicyclic) bond motifs is 2. The number of aromatic nitrogens is 1. The number of benzene rings is 2. The number of anilines is 1. The fourth-order valence-electron chi connectivity index (χ4n) is 5.30. The summed E-state index contributed by atoms with van der Waals surface area (Å²) in [5.74, 6) is -0.915. The Bertz CT molecular complexity index is 1270. The minimum absolute atomic E-state index is 0.0196. The standard InChI is InChI=1S/C27H26N2O3/c1-15-18(12-13-25(30)31)16(2)28-24(15)14-17-6-5-8-20-19(17)10-11-21(20)26-22-7-3-4-9-23(22)29-27(26)32/h3-11,21,26,28H,12-14H2,1-2H3,(H,29,32)(H,30,31). The summed E-state index contributed by atoms with van der Waals surface area (Å²) in [6, 6.07) is 14.3. The van der Waals surface area contributed by atoms with Gasteiger partial charge in [0, 0.05) is 35.8 Å². The number of allylic oxidation sites excluding steroid dienone is 1. The summed E-state index contributed by atoms with van der Waals surface area (Å²) in [6.07, 6.45) is 5.72. The Labute approximate surface area is 187 Å². The second-order valence-electron chi connectivity index (χ2n) is 8.76. The van der Waals surface area contributed by atoms with Crippen molar-refractivity contribution < 1.29 is 14.7 Å². The van der Waals surface area contributed by atoms with Crippen LogP contribution in [0, 0.1) is 13.8 Å². The van der Waals surface area contributed by atoms with E-state index in [1.165, 1.54) is 16.7 Å². The molecule has 0 fully saturated rings. The van der Waals surface area contributed by atoms with Gasteiger partial charge in [-0.1, -0.05) is 48.6 Å². The first-order valence-corrected chi connectivity index (χ1v) is 11.0. The number of rotatable bonds is 6. The van der Waals surface area contributed by atoms with E-state index < -0.39 is 5.97 Å². The molecule has 3 N–H and O–H groups in total. The van der Waals surface area contributed by atoms with Gasteiger partial charge in [0.1, 0.15) is 0 Å². The lowest BCUT2D eigenvalue weighted by Gasteiger charge is -2.18. The lowest BCUT2D eigenvalue weighted by molar-refractivity contribution is -0.137. The molecule has 5 rings (SSSR count).